The van der Waals surface area contributed by atoms with Crippen molar-refractivity contribution in [3.63, 3.8) is 0 Å². The number of pyridine rings is 1. The van der Waals surface area contributed by atoms with Gasteiger partial charge in [0.15, 0.2) is 0 Å². The van der Waals surface area contributed by atoms with Crippen molar-refractivity contribution in [3.8, 4) is 23.7 Å². The number of fused-ring (bicyclic) bond motifs is 2. The van der Waals surface area contributed by atoms with E-state index >= 15 is 4.39 Å². The SMILES string of the molecule is CC1(C)C(Oc2ccc(C#N)c(Cl)c2)C(C)(C)C1N1Cc2nc(C#CC3CN(C4CCN(c5cc6c(cc5F)C(=O)N(C5CCC(=O)NC5=O)C6=O)CC4)C3)ccc2C1=O. The minimum atomic E-state index is -1.11. The second kappa shape index (κ2) is 14.4. The maximum atomic E-state index is 15.5. The molecule has 0 spiro atoms. The smallest absolute Gasteiger partial charge is 0.262 e. The molecule has 1 aromatic heterocycles. The number of rotatable bonds is 6. The zero-order valence-electron chi connectivity index (χ0n) is 33.7. The van der Waals surface area contributed by atoms with Crippen LogP contribution in [0.1, 0.15) is 101 Å². The number of nitrogens with one attached hydrogen (secondary N) is 1. The van der Waals surface area contributed by atoms with Gasteiger partial charge in [-0.2, -0.15) is 5.26 Å². The minimum Gasteiger partial charge on any atom is -0.489 e. The van der Waals surface area contributed by atoms with E-state index in [1.165, 1.54) is 6.07 Å². The summed E-state index contributed by atoms with van der Waals surface area (Å²) in [4.78, 5) is 76.1. The predicted molar refractivity (Wildman–Crippen MR) is 216 cm³/mol. The summed E-state index contributed by atoms with van der Waals surface area (Å²) in [5, 5.41) is 11.8. The molecule has 13 nitrogen and oxygen atoms in total. The summed E-state index contributed by atoms with van der Waals surface area (Å²) in [6, 6.07) is 12.3. The molecule has 6 heterocycles. The number of likely N-dealkylation sites (tertiary alicyclic amines) is 1. The lowest BCUT2D eigenvalue weighted by atomic mass is 9.49. The van der Waals surface area contributed by atoms with Crippen molar-refractivity contribution in [1.82, 2.24) is 25.0 Å². The van der Waals surface area contributed by atoms with Crippen LogP contribution in [0, 0.1) is 45.7 Å². The van der Waals surface area contributed by atoms with Gasteiger partial charge in [-0.15, -0.1) is 0 Å². The molecule has 1 N–H and O–H groups in total. The fourth-order valence-corrected chi connectivity index (χ4v) is 11.0. The quantitative estimate of drug-likeness (QED) is 0.267. The van der Waals surface area contributed by atoms with Crippen LogP contribution >= 0.6 is 11.6 Å². The number of piperidine rings is 2. The van der Waals surface area contributed by atoms with Crippen LogP contribution in [0.15, 0.2) is 42.5 Å². The molecule has 5 aliphatic heterocycles. The lowest BCUT2D eigenvalue weighted by Gasteiger charge is -2.65. The highest BCUT2D eigenvalue weighted by Crippen LogP contribution is 2.59. The molecule has 308 valence electrons. The molecule has 1 unspecified atom stereocenters. The average Bonchev–Trinajstić information content (AvgIpc) is 3.62. The Kier molecular flexibility index (Phi) is 9.52. The molecule has 1 aliphatic carbocycles. The van der Waals surface area contributed by atoms with E-state index in [4.69, 9.17) is 21.3 Å². The Balaban J connectivity index is 0.785. The molecule has 0 bridgehead atoms. The summed E-state index contributed by atoms with van der Waals surface area (Å²) >= 11 is 6.28. The van der Waals surface area contributed by atoms with E-state index in [2.05, 4.69) is 55.8 Å². The van der Waals surface area contributed by atoms with Crippen molar-refractivity contribution in [2.24, 2.45) is 16.7 Å². The molecule has 60 heavy (non-hydrogen) atoms. The maximum Gasteiger partial charge on any atom is 0.262 e. The fraction of sp³-hybridized carbons (Fsp3) is 0.444. The highest BCUT2D eigenvalue weighted by Gasteiger charge is 2.67. The number of aromatic nitrogens is 1. The molecule has 3 saturated heterocycles. The first-order chi connectivity index (χ1) is 28.6. The molecule has 1 saturated carbocycles. The Morgan fingerprint density at radius 3 is 2.27 bits per heavy atom. The number of ether oxygens (including phenoxy) is 1. The standard InChI is InChI=1S/C45H43ClFN7O6/c1-44(2)42(45(3,4)43(44)60-28-9-6-25(20-48)32(46)17-28)53-23-34-29(39(53)57)10-8-26(49-34)7-5-24-21-52(22-24)27-13-15-51(16-14-27)36-19-31-30(18-33(36)47)40(58)54(41(31)59)35-11-12-37(55)50-38(35)56/h6,8-10,17-19,24,27,35,42-43H,11-16,21-23H2,1-4H3,(H,50,55,56). The molecular formula is C45H43ClFN7O6. The van der Waals surface area contributed by atoms with Crippen molar-refractivity contribution < 1.29 is 33.1 Å². The van der Waals surface area contributed by atoms with E-state index < -0.39 is 35.5 Å². The van der Waals surface area contributed by atoms with Gasteiger partial charge in [0.2, 0.25) is 11.8 Å². The third-order valence-corrected chi connectivity index (χ3v) is 13.6. The molecule has 4 fully saturated rings. The molecule has 0 radical (unpaired) electrons. The lowest BCUT2D eigenvalue weighted by molar-refractivity contribution is -0.199. The van der Waals surface area contributed by atoms with Gasteiger partial charge in [0.1, 0.15) is 35.5 Å². The second-order valence-corrected chi connectivity index (χ2v) is 18.3. The molecule has 5 amide bonds. The van der Waals surface area contributed by atoms with Crippen molar-refractivity contribution in [1.29, 1.82) is 5.26 Å². The van der Waals surface area contributed by atoms with Crippen molar-refractivity contribution in [3.05, 3.63) is 86.9 Å². The zero-order valence-corrected chi connectivity index (χ0v) is 34.4. The van der Waals surface area contributed by atoms with Gasteiger partial charge in [0.05, 0.1) is 45.2 Å². The molecule has 6 aliphatic rings. The number of carbonyl (C=O) groups is 5. The molecule has 2 aromatic carbocycles. The van der Waals surface area contributed by atoms with Gasteiger partial charge in [0, 0.05) is 67.5 Å². The summed E-state index contributed by atoms with van der Waals surface area (Å²) in [5.41, 5.74) is 1.77. The first-order valence-corrected chi connectivity index (χ1v) is 20.7. The Hall–Kier alpha value is -5.83. The summed E-state index contributed by atoms with van der Waals surface area (Å²) < 4.78 is 21.9. The molecule has 1 atom stereocenters. The number of nitrogens with zero attached hydrogens (tertiary/aromatic N) is 6. The van der Waals surface area contributed by atoms with E-state index in [9.17, 15) is 29.2 Å². The molecular weight excluding hydrogens is 789 g/mol. The Morgan fingerprint density at radius 1 is 0.900 bits per heavy atom. The van der Waals surface area contributed by atoms with Crippen LogP contribution in [0.5, 0.6) is 5.75 Å². The van der Waals surface area contributed by atoms with E-state index in [1.807, 2.05) is 21.9 Å². The first kappa shape index (κ1) is 39.6. The highest BCUT2D eigenvalue weighted by molar-refractivity contribution is 6.31. The van der Waals surface area contributed by atoms with E-state index in [0.717, 1.165) is 36.9 Å². The predicted octanol–water partition coefficient (Wildman–Crippen LogP) is 4.94. The topological polar surface area (TPSA) is 156 Å². The third kappa shape index (κ3) is 6.39. The number of carbonyl (C=O) groups excluding carboxylic acids is 5. The largest absolute Gasteiger partial charge is 0.489 e. The number of hydrogen-bond donors (Lipinski definition) is 1. The van der Waals surface area contributed by atoms with Gasteiger partial charge in [-0.3, -0.25) is 39.1 Å². The van der Waals surface area contributed by atoms with Crippen LogP contribution in [0.4, 0.5) is 10.1 Å². The van der Waals surface area contributed by atoms with Crippen LogP contribution in [0.25, 0.3) is 0 Å². The lowest BCUT2D eigenvalue weighted by Crippen LogP contribution is -2.74. The number of imide groups is 2. The number of hydrogen-bond acceptors (Lipinski definition) is 10. The van der Waals surface area contributed by atoms with Gasteiger partial charge in [-0.05, 0) is 61.6 Å². The maximum absolute atomic E-state index is 15.5. The van der Waals surface area contributed by atoms with Crippen LogP contribution < -0.4 is 15.0 Å². The van der Waals surface area contributed by atoms with Crippen LogP contribution in [0.3, 0.4) is 0 Å². The van der Waals surface area contributed by atoms with Crippen molar-refractivity contribution in [2.75, 3.05) is 31.1 Å². The van der Waals surface area contributed by atoms with Gasteiger partial charge < -0.3 is 14.5 Å². The Labute approximate surface area is 351 Å². The number of halogens is 2. The van der Waals surface area contributed by atoms with Gasteiger partial charge in [-0.1, -0.05) is 45.2 Å². The Morgan fingerprint density at radius 2 is 1.60 bits per heavy atom. The van der Waals surface area contributed by atoms with Crippen LogP contribution in [-0.2, 0) is 16.1 Å². The monoisotopic (exact) mass is 831 g/mol. The van der Waals surface area contributed by atoms with Gasteiger partial charge in [-0.25, -0.2) is 9.37 Å². The summed E-state index contributed by atoms with van der Waals surface area (Å²) in [6.07, 6.45) is 1.40. The van der Waals surface area contributed by atoms with Crippen LogP contribution in [0.2, 0.25) is 5.02 Å². The molecule has 15 heteroatoms. The number of benzene rings is 2. The van der Waals surface area contributed by atoms with Gasteiger partial charge in [0.25, 0.3) is 17.7 Å². The number of anilines is 1. The highest BCUT2D eigenvalue weighted by atomic mass is 35.5. The fourth-order valence-electron chi connectivity index (χ4n) is 10.8. The normalized spacial score (nSPS) is 24.9. The first-order valence-electron chi connectivity index (χ1n) is 20.3. The van der Waals surface area contributed by atoms with Crippen molar-refractivity contribution in [2.45, 2.75) is 84.2 Å². The number of amides is 5. The molecule has 3 aromatic rings. The molecule has 9 rings (SSSR count). The second-order valence-electron chi connectivity index (χ2n) is 17.9. The average molecular weight is 832 g/mol. The summed E-state index contributed by atoms with van der Waals surface area (Å²) in [7, 11) is 0. The van der Waals surface area contributed by atoms with E-state index in [0.29, 0.717) is 59.0 Å². The number of nitriles is 1. The zero-order chi connectivity index (χ0) is 42.4. The minimum absolute atomic E-state index is 0.00895. The van der Waals surface area contributed by atoms with E-state index in [1.54, 1.807) is 18.2 Å². The van der Waals surface area contributed by atoms with E-state index in [-0.39, 0.29) is 64.5 Å². The Bertz CT molecular complexity index is 2490. The third-order valence-electron chi connectivity index (χ3n) is 13.3. The summed E-state index contributed by atoms with van der Waals surface area (Å²) in [6.45, 7) is 11.5. The van der Waals surface area contributed by atoms with Gasteiger partial charge >= 0.3 is 0 Å². The van der Waals surface area contributed by atoms with Crippen molar-refractivity contribution >= 4 is 46.8 Å². The van der Waals surface area contributed by atoms with Crippen LogP contribution in [-0.4, -0.2) is 99.6 Å². The summed E-state index contributed by atoms with van der Waals surface area (Å²) in [5.74, 6) is 4.16.